The highest BCUT2D eigenvalue weighted by atomic mass is 32.2. The van der Waals surface area contributed by atoms with Crippen molar-refractivity contribution in [3.63, 3.8) is 0 Å². The lowest BCUT2D eigenvalue weighted by atomic mass is 10.1. The van der Waals surface area contributed by atoms with Crippen LogP contribution in [0.1, 0.15) is 23.7 Å². The second-order valence-corrected chi connectivity index (χ2v) is 9.36. The monoisotopic (exact) mass is 419 g/mol. The fraction of sp³-hybridized carbons (Fsp3) is 0.450. The molecule has 0 fully saturated rings. The average Bonchev–Trinajstić information content (AvgIpc) is 2.99. The van der Waals surface area contributed by atoms with Crippen molar-refractivity contribution < 1.29 is 9.53 Å². The number of fused-ring (bicyclic) bond motifs is 1. The van der Waals surface area contributed by atoms with Crippen molar-refractivity contribution in [1.82, 2.24) is 9.55 Å². The van der Waals surface area contributed by atoms with Crippen molar-refractivity contribution in [2.75, 3.05) is 24.8 Å². The number of anilines is 1. The van der Waals surface area contributed by atoms with E-state index in [4.69, 9.17) is 9.72 Å². The number of thioether (sulfide) groups is 2. The topological polar surface area (TPSA) is 73.2 Å². The Morgan fingerprint density at radius 1 is 1.36 bits per heavy atom. The molecule has 1 aromatic carbocycles. The molecule has 1 aromatic heterocycles. The van der Waals surface area contributed by atoms with E-state index in [2.05, 4.69) is 18.3 Å². The largest absolute Gasteiger partial charge is 0.383 e. The smallest absolute Gasteiger partial charge is 0.268 e. The Kier molecular flexibility index (Phi) is 6.85. The van der Waals surface area contributed by atoms with Gasteiger partial charge in [-0.15, -0.1) is 11.8 Å². The maximum absolute atomic E-state index is 12.9. The zero-order chi connectivity index (χ0) is 20.3. The maximum atomic E-state index is 12.9. The molecule has 3 rings (SSSR count). The number of amides is 1. The first-order valence-electron chi connectivity index (χ1n) is 9.17. The van der Waals surface area contributed by atoms with E-state index in [1.54, 1.807) is 23.4 Å². The summed E-state index contributed by atoms with van der Waals surface area (Å²) in [5.41, 5.74) is 3.79. The average molecular weight is 420 g/mol. The summed E-state index contributed by atoms with van der Waals surface area (Å²) < 4.78 is 6.77. The first kappa shape index (κ1) is 21.0. The van der Waals surface area contributed by atoms with Crippen LogP contribution >= 0.6 is 23.5 Å². The molecule has 0 saturated heterocycles. The summed E-state index contributed by atoms with van der Waals surface area (Å²) in [5, 5.41) is 3.85. The van der Waals surface area contributed by atoms with Gasteiger partial charge in [0.2, 0.25) is 5.91 Å². The summed E-state index contributed by atoms with van der Waals surface area (Å²) in [6, 6.07) is 5.94. The van der Waals surface area contributed by atoms with Crippen LogP contribution < -0.4 is 10.9 Å². The third kappa shape index (κ3) is 4.98. The Hall–Kier alpha value is -1.77. The van der Waals surface area contributed by atoms with Crippen molar-refractivity contribution >= 4 is 35.1 Å². The third-order valence-electron chi connectivity index (χ3n) is 4.32. The molecule has 0 aliphatic carbocycles. The number of carbonyl (C=O) groups is 1. The normalized spacial score (nSPS) is 15.5. The Morgan fingerprint density at radius 3 is 2.75 bits per heavy atom. The SMILES string of the molecule is COCCn1c(SCC(=O)Nc2cc(C)cc(C)c2)nc2c(c1=O)S[C@H](C)C2. The molecule has 150 valence electrons. The number of nitrogens with one attached hydrogen (secondary N) is 1. The van der Waals surface area contributed by atoms with Crippen LogP contribution in [0.15, 0.2) is 33.0 Å². The van der Waals surface area contributed by atoms with E-state index >= 15 is 0 Å². The van der Waals surface area contributed by atoms with Gasteiger partial charge in [-0.2, -0.15) is 0 Å². The van der Waals surface area contributed by atoms with Crippen LogP contribution in [0.5, 0.6) is 0 Å². The van der Waals surface area contributed by atoms with Crippen LogP contribution in [0.25, 0.3) is 0 Å². The van der Waals surface area contributed by atoms with Crippen LogP contribution in [0.4, 0.5) is 5.69 Å². The summed E-state index contributed by atoms with van der Waals surface area (Å²) in [6.45, 7) is 6.93. The molecule has 28 heavy (non-hydrogen) atoms. The van der Waals surface area contributed by atoms with Gasteiger partial charge in [0.15, 0.2) is 5.16 Å². The van der Waals surface area contributed by atoms with E-state index in [0.717, 1.165) is 33.8 Å². The van der Waals surface area contributed by atoms with Gasteiger partial charge in [-0.1, -0.05) is 24.8 Å². The first-order valence-corrected chi connectivity index (χ1v) is 11.0. The summed E-state index contributed by atoms with van der Waals surface area (Å²) >= 11 is 2.87. The zero-order valence-corrected chi connectivity index (χ0v) is 18.2. The van der Waals surface area contributed by atoms with Gasteiger partial charge in [-0.25, -0.2) is 4.98 Å². The summed E-state index contributed by atoms with van der Waals surface area (Å²) in [6.07, 6.45) is 0.780. The van der Waals surface area contributed by atoms with E-state index in [0.29, 0.717) is 23.6 Å². The number of hydrogen-bond donors (Lipinski definition) is 1. The Balaban J connectivity index is 1.75. The van der Waals surface area contributed by atoms with Crippen molar-refractivity contribution in [1.29, 1.82) is 0 Å². The maximum Gasteiger partial charge on any atom is 0.268 e. The quantitative estimate of drug-likeness (QED) is 0.548. The highest BCUT2D eigenvalue weighted by molar-refractivity contribution is 8.00. The number of aryl methyl sites for hydroxylation is 2. The molecule has 6 nitrogen and oxygen atoms in total. The van der Waals surface area contributed by atoms with Gasteiger partial charge in [0.1, 0.15) is 0 Å². The van der Waals surface area contributed by atoms with Gasteiger partial charge in [-0.05, 0) is 37.1 Å². The number of nitrogens with zero attached hydrogens (tertiary/aromatic N) is 2. The van der Waals surface area contributed by atoms with Crippen LogP contribution in [0.2, 0.25) is 0 Å². The number of aromatic nitrogens is 2. The molecule has 1 amide bonds. The summed E-state index contributed by atoms with van der Waals surface area (Å²) in [4.78, 5) is 30.7. The number of methoxy groups -OCH3 is 1. The molecule has 1 aliphatic rings. The Labute approximate surface area is 173 Å². The molecular weight excluding hydrogens is 394 g/mol. The standard InChI is InChI=1S/C20H25N3O3S2/c1-12-7-13(2)9-15(8-12)21-17(24)11-27-20-22-16-10-14(3)28-18(16)19(25)23(20)5-6-26-4/h7-9,14H,5-6,10-11H2,1-4H3,(H,21,24)/t14-/m1/s1. The zero-order valence-electron chi connectivity index (χ0n) is 16.6. The van der Waals surface area contributed by atoms with Crippen LogP contribution in [-0.2, 0) is 22.5 Å². The fourth-order valence-corrected chi connectivity index (χ4v) is 5.15. The molecule has 0 saturated carbocycles. The van der Waals surface area contributed by atoms with E-state index in [-0.39, 0.29) is 17.2 Å². The minimum atomic E-state index is -0.120. The van der Waals surface area contributed by atoms with Gasteiger partial charge in [0.05, 0.1) is 29.5 Å². The minimum absolute atomic E-state index is 0.0337. The van der Waals surface area contributed by atoms with Crippen molar-refractivity contribution in [3.8, 4) is 0 Å². The Bertz CT molecular complexity index is 923. The lowest BCUT2D eigenvalue weighted by molar-refractivity contribution is -0.113. The summed E-state index contributed by atoms with van der Waals surface area (Å²) in [5.74, 6) is 0.0687. The number of ether oxygens (including phenoxy) is 1. The van der Waals surface area contributed by atoms with Gasteiger partial charge in [0.25, 0.3) is 5.56 Å². The molecular formula is C20H25N3O3S2. The van der Waals surface area contributed by atoms with E-state index in [1.807, 2.05) is 26.0 Å². The van der Waals surface area contributed by atoms with Gasteiger partial charge >= 0.3 is 0 Å². The molecule has 2 heterocycles. The van der Waals surface area contributed by atoms with E-state index in [1.165, 1.54) is 11.8 Å². The molecule has 0 spiro atoms. The second-order valence-electron chi connectivity index (χ2n) is 6.97. The van der Waals surface area contributed by atoms with Crippen LogP contribution in [-0.4, -0.2) is 40.2 Å². The molecule has 8 heteroatoms. The number of hydrogen-bond acceptors (Lipinski definition) is 6. The molecule has 0 unspecified atom stereocenters. The van der Waals surface area contributed by atoms with Crippen molar-refractivity contribution in [3.05, 3.63) is 45.4 Å². The third-order valence-corrected chi connectivity index (χ3v) is 6.51. The predicted molar refractivity (Wildman–Crippen MR) is 115 cm³/mol. The molecule has 1 aliphatic heterocycles. The number of rotatable bonds is 7. The fourth-order valence-electron chi connectivity index (χ4n) is 3.20. The first-order chi connectivity index (χ1) is 13.4. The molecule has 1 atom stereocenters. The van der Waals surface area contributed by atoms with Crippen molar-refractivity contribution in [2.45, 2.75) is 49.0 Å². The summed E-state index contributed by atoms with van der Waals surface area (Å²) in [7, 11) is 1.60. The van der Waals surface area contributed by atoms with Crippen LogP contribution in [0, 0.1) is 13.8 Å². The minimum Gasteiger partial charge on any atom is -0.383 e. The predicted octanol–water partition coefficient (Wildman–Crippen LogP) is 3.27. The van der Waals surface area contributed by atoms with E-state index < -0.39 is 0 Å². The lowest BCUT2D eigenvalue weighted by Crippen LogP contribution is -2.27. The van der Waals surface area contributed by atoms with Crippen molar-refractivity contribution in [2.24, 2.45) is 0 Å². The lowest BCUT2D eigenvalue weighted by Gasteiger charge is -2.13. The molecule has 0 bridgehead atoms. The van der Waals surface area contributed by atoms with Crippen LogP contribution in [0.3, 0.4) is 0 Å². The molecule has 1 N–H and O–H groups in total. The second kappa shape index (κ2) is 9.15. The van der Waals surface area contributed by atoms with Gasteiger partial charge < -0.3 is 10.1 Å². The highest BCUT2D eigenvalue weighted by Crippen LogP contribution is 2.34. The highest BCUT2D eigenvalue weighted by Gasteiger charge is 2.26. The number of carbonyl (C=O) groups excluding carboxylic acids is 1. The Morgan fingerprint density at radius 2 is 2.07 bits per heavy atom. The number of benzene rings is 1. The van der Waals surface area contributed by atoms with Gasteiger partial charge in [0, 0.05) is 24.5 Å². The molecule has 0 radical (unpaired) electrons. The van der Waals surface area contributed by atoms with E-state index in [9.17, 15) is 9.59 Å². The van der Waals surface area contributed by atoms with Gasteiger partial charge in [-0.3, -0.25) is 14.2 Å². The molecule has 2 aromatic rings.